The van der Waals surface area contributed by atoms with E-state index in [0.29, 0.717) is 0 Å². The van der Waals surface area contributed by atoms with Gasteiger partial charge in [0.05, 0.1) is 0 Å². The number of fused-ring (bicyclic) bond motifs is 3. The molecule has 130 valence electrons. The van der Waals surface area contributed by atoms with Crippen LogP contribution in [0.15, 0.2) is 97.1 Å². The molecular weight excluding hydrogens is 340 g/mol. The van der Waals surface area contributed by atoms with Crippen LogP contribution in [0.5, 0.6) is 0 Å². The van der Waals surface area contributed by atoms with Crippen molar-refractivity contribution in [3.05, 3.63) is 97.1 Å². The highest BCUT2D eigenvalue weighted by Crippen LogP contribution is 2.34. The summed E-state index contributed by atoms with van der Waals surface area (Å²) in [5, 5.41) is 3.12. The van der Waals surface area contributed by atoms with Crippen molar-refractivity contribution in [3.63, 3.8) is 0 Å². The van der Waals surface area contributed by atoms with E-state index in [9.17, 15) is 0 Å². The van der Waals surface area contributed by atoms with E-state index in [4.69, 9.17) is 0 Å². The molecule has 0 unspecified atom stereocenters. The van der Waals surface area contributed by atoms with Gasteiger partial charge in [0, 0.05) is 0 Å². The summed E-state index contributed by atoms with van der Waals surface area (Å²) in [4.78, 5) is 0. The lowest BCUT2D eigenvalue weighted by atomic mass is 9.96. The molecule has 0 bridgehead atoms. The van der Waals surface area contributed by atoms with Crippen molar-refractivity contribution < 1.29 is 0 Å². The predicted octanol–water partition coefficient (Wildman–Crippen LogP) is 5.82. The Morgan fingerprint density at radius 3 is 1.26 bits per heavy atom. The number of hydrogen-bond donors (Lipinski definition) is 0. The molecule has 0 spiro atoms. The molecule has 0 nitrogen and oxygen atoms in total. The minimum absolute atomic E-state index is 1.28. The zero-order valence-electron chi connectivity index (χ0n) is 15.7. The Kier molecular flexibility index (Phi) is 3.66. The Bertz CT molecular complexity index is 1030. The predicted molar refractivity (Wildman–Crippen MR) is 120 cm³/mol. The van der Waals surface area contributed by atoms with E-state index in [1.165, 1.54) is 33.4 Å². The summed E-state index contributed by atoms with van der Waals surface area (Å²) in [6.07, 6.45) is 0. The third-order valence-corrected chi connectivity index (χ3v) is 9.46. The molecule has 0 aromatic heterocycles. The van der Waals surface area contributed by atoms with Crippen LogP contribution in [0.2, 0.25) is 13.1 Å². The molecule has 0 saturated heterocycles. The molecule has 27 heavy (non-hydrogen) atoms. The molecule has 1 aliphatic rings. The molecule has 0 radical (unpaired) electrons. The number of benzene rings is 4. The van der Waals surface area contributed by atoms with E-state index in [2.05, 4.69) is 110 Å². The summed E-state index contributed by atoms with van der Waals surface area (Å²) >= 11 is 0. The first-order chi connectivity index (χ1) is 13.1. The van der Waals surface area contributed by atoms with E-state index >= 15 is 0 Å². The fourth-order valence-corrected chi connectivity index (χ4v) is 7.44. The van der Waals surface area contributed by atoms with Crippen molar-refractivity contribution >= 4 is 18.4 Å². The molecule has 1 heterocycles. The van der Waals surface area contributed by atoms with E-state index in [1.54, 1.807) is 10.4 Å². The first-order valence-corrected chi connectivity index (χ1v) is 12.5. The van der Waals surface area contributed by atoms with Gasteiger partial charge < -0.3 is 0 Å². The van der Waals surface area contributed by atoms with Crippen LogP contribution in [0.1, 0.15) is 0 Å². The minimum Gasteiger partial charge on any atom is -0.0622 e. The summed E-state index contributed by atoms with van der Waals surface area (Å²) in [6.45, 7) is 4.95. The Balaban J connectivity index is 1.71. The van der Waals surface area contributed by atoms with Gasteiger partial charge in [0.1, 0.15) is 8.07 Å². The molecule has 0 atom stereocenters. The quantitative estimate of drug-likeness (QED) is 0.394. The Morgan fingerprint density at radius 1 is 0.444 bits per heavy atom. The maximum absolute atomic E-state index is 2.47. The molecule has 0 saturated carbocycles. The smallest absolute Gasteiger partial charge is 0.0622 e. The molecule has 0 amide bonds. The average molecular weight is 363 g/mol. The summed E-state index contributed by atoms with van der Waals surface area (Å²) in [6, 6.07) is 35.6. The van der Waals surface area contributed by atoms with Gasteiger partial charge >= 0.3 is 0 Å². The standard InChI is InChI=1S/C26H22Si/c1-27(2)25-15-13-21(19-9-5-3-6-10-19)17-23(25)24-18-22(14-16-26(24)27)20-11-7-4-8-12-20/h3-18H,1-2H3. The number of rotatable bonds is 2. The van der Waals surface area contributed by atoms with Crippen LogP contribution in [-0.2, 0) is 0 Å². The molecule has 1 heteroatoms. The van der Waals surface area contributed by atoms with Crippen LogP contribution in [-0.4, -0.2) is 8.07 Å². The molecule has 0 fully saturated rings. The molecule has 0 N–H and O–H groups in total. The first kappa shape index (κ1) is 16.3. The summed E-state index contributed by atoms with van der Waals surface area (Å²) in [5.74, 6) is 0. The lowest BCUT2D eigenvalue weighted by Gasteiger charge is -2.19. The Labute approximate surface area is 162 Å². The fourth-order valence-electron chi connectivity index (χ4n) is 4.39. The van der Waals surface area contributed by atoms with Crippen LogP contribution in [0.25, 0.3) is 33.4 Å². The summed E-state index contributed by atoms with van der Waals surface area (Å²) < 4.78 is 0. The summed E-state index contributed by atoms with van der Waals surface area (Å²) in [5.41, 5.74) is 8.04. The van der Waals surface area contributed by atoms with Gasteiger partial charge in [0.2, 0.25) is 0 Å². The third kappa shape index (κ3) is 2.58. The van der Waals surface area contributed by atoms with Crippen molar-refractivity contribution in [2.45, 2.75) is 13.1 Å². The van der Waals surface area contributed by atoms with Crippen molar-refractivity contribution in [1.82, 2.24) is 0 Å². The van der Waals surface area contributed by atoms with Crippen molar-refractivity contribution in [1.29, 1.82) is 0 Å². The van der Waals surface area contributed by atoms with Crippen molar-refractivity contribution in [3.8, 4) is 33.4 Å². The van der Waals surface area contributed by atoms with Gasteiger partial charge in [-0.1, -0.05) is 98.0 Å². The van der Waals surface area contributed by atoms with Gasteiger partial charge in [-0.15, -0.1) is 0 Å². The van der Waals surface area contributed by atoms with Gasteiger partial charge in [-0.2, -0.15) is 0 Å². The van der Waals surface area contributed by atoms with E-state index in [1.807, 2.05) is 0 Å². The zero-order valence-corrected chi connectivity index (χ0v) is 16.7. The van der Waals surface area contributed by atoms with Gasteiger partial charge in [0.15, 0.2) is 0 Å². The highest BCUT2D eigenvalue weighted by atomic mass is 28.3. The highest BCUT2D eigenvalue weighted by Gasteiger charge is 2.37. The molecule has 4 aromatic rings. The van der Waals surface area contributed by atoms with Crippen LogP contribution in [0, 0.1) is 0 Å². The zero-order chi connectivity index (χ0) is 18.4. The van der Waals surface area contributed by atoms with Gasteiger partial charge in [-0.05, 0) is 55.9 Å². The molecular formula is C26H22Si. The molecule has 0 aliphatic carbocycles. The molecule has 4 aromatic carbocycles. The van der Waals surface area contributed by atoms with E-state index in [0.717, 1.165) is 0 Å². The Morgan fingerprint density at radius 2 is 0.852 bits per heavy atom. The second-order valence-electron chi connectivity index (χ2n) is 7.88. The second-order valence-corrected chi connectivity index (χ2v) is 12.2. The fraction of sp³-hybridized carbons (Fsp3) is 0.0769. The monoisotopic (exact) mass is 362 g/mol. The van der Waals surface area contributed by atoms with Crippen LogP contribution in [0.4, 0.5) is 0 Å². The number of hydrogen-bond acceptors (Lipinski definition) is 0. The van der Waals surface area contributed by atoms with Crippen LogP contribution < -0.4 is 10.4 Å². The minimum atomic E-state index is -1.63. The van der Waals surface area contributed by atoms with Gasteiger partial charge in [-0.25, -0.2) is 0 Å². The Hall–Kier alpha value is -2.90. The molecule has 5 rings (SSSR count). The topological polar surface area (TPSA) is 0 Å². The maximum Gasteiger partial charge on any atom is 0.113 e. The van der Waals surface area contributed by atoms with Crippen LogP contribution >= 0.6 is 0 Å². The largest absolute Gasteiger partial charge is 0.113 e. The highest BCUT2D eigenvalue weighted by molar-refractivity contribution is 7.03. The van der Waals surface area contributed by atoms with Gasteiger partial charge in [-0.3, -0.25) is 0 Å². The van der Waals surface area contributed by atoms with E-state index < -0.39 is 8.07 Å². The third-order valence-electron chi connectivity index (χ3n) is 5.89. The average Bonchev–Trinajstić information content (AvgIpc) is 2.96. The normalized spacial score (nSPS) is 13.9. The van der Waals surface area contributed by atoms with Crippen molar-refractivity contribution in [2.75, 3.05) is 0 Å². The lowest BCUT2D eigenvalue weighted by molar-refractivity contribution is 1.61. The van der Waals surface area contributed by atoms with Gasteiger partial charge in [0.25, 0.3) is 0 Å². The lowest BCUT2D eigenvalue weighted by Crippen LogP contribution is -2.49. The second kappa shape index (κ2) is 6.07. The summed E-state index contributed by atoms with van der Waals surface area (Å²) in [7, 11) is -1.63. The SMILES string of the molecule is C[Si]1(C)c2ccc(-c3ccccc3)cc2-c2cc(-c3ccccc3)ccc21. The molecule has 1 aliphatic heterocycles. The van der Waals surface area contributed by atoms with Crippen LogP contribution in [0.3, 0.4) is 0 Å². The van der Waals surface area contributed by atoms with E-state index in [-0.39, 0.29) is 0 Å². The first-order valence-electron chi connectivity index (χ1n) is 9.55. The van der Waals surface area contributed by atoms with Crippen molar-refractivity contribution in [2.24, 2.45) is 0 Å². The maximum atomic E-state index is 2.47.